The van der Waals surface area contributed by atoms with Crippen molar-refractivity contribution >= 4 is 23.6 Å². The number of nitrogens with zero attached hydrogens (tertiary/aromatic N) is 2. The summed E-state index contributed by atoms with van der Waals surface area (Å²) >= 11 is 1.53. The Kier molecular flexibility index (Phi) is 7.58. The Hall–Kier alpha value is -2.42. The molecule has 9 heteroatoms. The molecule has 0 aliphatic carbocycles. The molecule has 0 aliphatic rings. The predicted octanol–water partition coefficient (Wildman–Crippen LogP) is 2.52. The summed E-state index contributed by atoms with van der Waals surface area (Å²) in [6.07, 6.45) is 3.27. The minimum absolute atomic E-state index is 0.164. The van der Waals surface area contributed by atoms with Crippen LogP contribution in [0.3, 0.4) is 0 Å². The quantitative estimate of drug-likeness (QED) is 0.651. The lowest BCUT2D eigenvalue weighted by atomic mass is 10.2. The topological polar surface area (TPSA) is 105 Å². The van der Waals surface area contributed by atoms with Gasteiger partial charge in [-0.2, -0.15) is 16.7 Å². The van der Waals surface area contributed by atoms with Gasteiger partial charge < -0.3 is 14.9 Å². The van der Waals surface area contributed by atoms with Gasteiger partial charge in [0.15, 0.2) is 0 Å². The average molecular weight is 381 g/mol. The molecule has 0 unspecified atom stereocenters. The van der Waals surface area contributed by atoms with Gasteiger partial charge in [-0.1, -0.05) is 5.16 Å². The summed E-state index contributed by atoms with van der Waals surface area (Å²) in [6.45, 7) is 0. The molecule has 2 rings (SSSR count). The van der Waals surface area contributed by atoms with E-state index in [2.05, 4.69) is 15.5 Å². The lowest BCUT2D eigenvalue weighted by Crippen LogP contribution is -2.41. The minimum Gasteiger partial charge on any atom is -0.480 e. The van der Waals surface area contributed by atoms with Gasteiger partial charge in [-0.25, -0.2) is 9.18 Å². The zero-order valence-electron chi connectivity index (χ0n) is 14.3. The fourth-order valence-electron chi connectivity index (χ4n) is 2.23. The van der Waals surface area contributed by atoms with E-state index in [9.17, 15) is 14.0 Å². The molecule has 2 N–H and O–H groups in total. The summed E-state index contributed by atoms with van der Waals surface area (Å²) in [5, 5.41) is 15.4. The number of aliphatic carboxylic acids is 1. The first-order valence-electron chi connectivity index (χ1n) is 8.09. The van der Waals surface area contributed by atoms with Gasteiger partial charge in [0, 0.05) is 18.4 Å². The van der Waals surface area contributed by atoms with Crippen LogP contribution in [0.1, 0.15) is 25.2 Å². The highest BCUT2D eigenvalue weighted by atomic mass is 32.2. The standard InChI is InChI=1S/C17H20FN3O4S/c1-26-10-9-13(17(23)24)19-14(22)3-2-4-15-20-16(21-25-15)11-5-7-12(18)8-6-11/h5-8,13H,2-4,9-10H2,1H3,(H,19,22)(H,23,24)/t13-/m0/s1. The largest absolute Gasteiger partial charge is 0.480 e. The first-order chi connectivity index (χ1) is 12.5. The average Bonchev–Trinajstić information content (AvgIpc) is 3.08. The molecule has 2 aromatic rings. The van der Waals surface area contributed by atoms with Crippen molar-refractivity contribution in [3.05, 3.63) is 36.0 Å². The molecular weight excluding hydrogens is 361 g/mol. The number of carbonyl (C=O) groups excluding carboxylic acids is 1. The molecule has 1 heterocycles. The molecule has 140 valence electrons. The SMILES string of the molecule is CSCC[C@H](NC(=O)CCCc1nc(-c2ccc(F)cc2)no1)C(=O)O. The van der Waals surface area contributed by atoms with Crippen LogP contribution in [0.5, 0.6) is 0 Å². The van der Waals surface area contributed by atoms with Crippen molar-refractivity contribution < 1.29 is 23.6 Å². The van der Waals surface area contributed by atoms with E-state index in [-0.39, 0.29) is 18.1 Å². The van der Waals surface area contributed by atoms with Crippen LogP contribution in [0, 0.1) is 5.82 Å². The first kappa shape index (κ1) is 19.9. The third-order valence-corrected chi connectivity index (χ3v) is 4.25. The van der Waals surface area contributed by atoms with Crippen molar-refractivity contribution in [3.8, 4) is 11.4 Å². The lowest BCUT2D eigenvalue weighted by Gasteiger charge is -2.13. The Morgan fingerprint density at radius 1 is 1.35 bits per heavy atom. The van der Waals surface area contributed by atoms with E-state index in [1.807, 2.05) is 6.26 Å². The number of halogens is 1. The fourth-order valence-corrected chi connectivity index (χ4v) is 2.70. The molecule has 0 spiro atoms. The summed E-state index contributed by atoms with van der Waals surface area (Å²) in [5.74, 6) is -0.321. The number of thioether (sulfide) groups is 1. The summed E-state index contributed by atoms with van der Waals surface area (Å²) in [6, 6.07) is 4.86. The van der Waals surface area contributed by atoms with E-state index in [1.165, 1.54) is 23.9 Å². The Labute approximate surface area is 154 Å². The summed E-state index contributed by atoms with van der Waals surface area (Å²) < 4.78 is 18.0. The second-order valence-electron chi connectivity index (χ2n) is 5.61. The zero-order valence-corrected chi connectivity index (χ0v) is 15.1. The monoisotopic (exact) mass is 381 g/mol. The van der Waals surface area contributed by atoms with Crippen molar-refractivity contribution in [2.24, 2.45) is 0 Å². The number of carboxylic acid groups (broad SMARTS) is 1. The van der Waals surface area contributed by atoms with Gasteiger partial charge in [-0.05, 0) is 49.1 Å². The number of amides is 1. The molecule has 1 aromatic heterocycles. The lowest BCUT2D eigenvalue weighted by molar-refractivity contribution is -0.141. The predicted molar refractivity (Wildman–Crippen MR) is 95.2 cm³/mol. The van der Waals surface area contributed by atoms with E-state index >= 15 is 0 Å². The Morgan fingerprint density at radius 3 is 2.73 bits per heavy atom. The molecule has 0 aliphatic heterocycles. The molecule has 0 bridgehead atoms. The fraction of sp³-hybridized carbons (Fsp3) is 0.412. The minimum atomic E-state index is -1.03. The Morgan fingerprint density at radius 2 is 2.08 bits per heavy atom. The summed E-state index contributed by atoms with van der Waals surface area (Å²) in [7, 11) is 0. The molecule has 1 amide bonds. The van der Waals surface area contributed by atoms with Crippen LogP contribution in [-0.4, -0.2) is 45.2 Å². The summed E-state index contributed by atoms with van der Waals surface area (Å²) in [4.78, 5) is 27.2. The highest BCUT2D eigenvalue weighted by Crippen LogP contribution is 2.16. The van der Waals surface area contributed by atoms with E-state index in [1.54, 1.807) is 12.1 Å². The number of carboxylic acids is 1. The molecular formula is C17H20FN3O4S. The molecule has 1 aromatic carbocycles. The second kappa shape index (κ2) is 9.91. The number of carbonyl (C=O) groups is 2. The van der Waals surface area contributed by atoms with Crippen molar-refractivity contribution in [3.63, 3.8) is 0 Å². The van der Waals surface area contributed by atoms with Crippen LogP contribution in [-0.2, 0) is 16.0 Å². The van der Waals surface area contributed by atoms with E-state index in [0.29, 0.717) is 42.3 Å². The highest BCUT2D eigenvalue weighted by molar-refractivity contribution is 7.98. The van der Waals surface area contributed by atoms with Crippen molar-refractivity contribution in [2.45, 2.75) is 31.7 Å². The number of hydrogen-bond acceptors (Lipinski definition) is 6. The van der Waals surface area contributed by atoms with Crippen LogP contribution in [0.2, 0.25) is 0 Å². The van der Waals surface area contributed by atoms with Gasteiger partial charge in [0.25, 0.3) is 0 Å². The van der Waals surface area contributed by atoms with Crippen LogP contribution < -0.4 is 5.32 Å². The Bertz CT molecular complexity index is 736. The van der Waals surface area contributed by atoms with Crippen LogP contribution in [0.15, 0.2) is 28.8 Å². The number of nitrogens with one attached hydrogen (secondary N) is 1. The van der Waals surface area contributed by atoms with Crippen molar-refractivity contribution in [2.75, 3.05) is 12.0 Å². The Balaban J connectivity index is 1.79. The second-order valence-corrected chi connectivity index (χ2v) is 6.60. The number of hydrogen-bond donors (Lipinski definition) is 2. The van der Waals surface area contributed by atoms with E-state index in [0.717, 1.165) is 0 Å². The van der Waals surface area contributed by atoms with Crippen LogP contribution >= 0.6 is 11.8 Å². The molecule has 0 saturated carbocycles. The van der Waals surface area contributed by atoms with Gasteiger partial charge in [0.2, 0.25) is 17.6 Å². The van der Waals surface area contributed by atoms with E-state index in [4.69, 9.17) is 9.63 Å². The van der Waals surface area contributed by atoms with Gasteiger partial charge in [0.05, 0.1) is 0 Å². The van der Waals surface area contributed by atoms with Gasteiger partial charge in [0.1, 0.15) is 11.9 Å². The van der Waals surface area contributed by atoms with Gasteiger partial charge in [-0.3, -0.25) is 4.79 Å². The van der Waals surface area contributed by atoms with Crippen molar-refractivity contribution in [1.82, 2.24) is 15.5 Å². The first-order valence-corrected chi connectivity index (χ1v) is 9.48. The number of aromatic nitrogens is 2. The van der Waals surface area contributed by atoms with E-state index < -0.39 is 12.0 Å². The third kappa shape index (κ3) is 6.14. The van der Waals surface area contributed by atoms with Crippen molar-refractivity contribution in [1.29, 1.82) is 0 Å². The normalized spacial score (nSPS) is 11.9. The van der Waals surface area contributed by atoms with Gasteiger partial charge in [-0.15, -0.1) is 0 Å². The molecule has 0 radical (unpaired) electrons. The van der Waals surface area contributed by atoms with Crippen LogP contribution in [0.4, 0.5) is 4.39 Å². The maximum atomic E-state index is 12.9. The molecule has 0 fully saturated rings. The molecule has 7 nitrogen and oxygen atoms in total. The summed E-state index contributed by atoms with van der Waals surface area (Å²) in [5.41, 5.74) is 0.636. The van der Waals surface area contributed by atoms with Crippen LogP contribution in [0.25, 0.3) is 11.4 Å². The number of benzene rings is 1. The molecule has 1 atom stereocenters. The maximum absolute atomic E-state index is 12.9. The molecule has 0 saturated heterocycles. The maximum Gasteiger partial charge on any atom is 0.326 e. The molecule has 26 heavy (non-hydrogen) atoms. The zero-order chi connectivity index (χ0) is 18.9. The number of aryl methyl sites for hydroxylation is 1. The van der Waals surface area contributed by atoms with Gasteiger partial charge >= 0.3 is 5.97 Å². The smallest absolute Gasteiger partial charge is 0.326 e. The number of rotatable bonds is 10. The highest BCUT2D eigenvalue weighted by Gasteiger charge is 2.19. The third-order valence-electron chi connectivity index (χ3n) is 3.61.